The van der Waals surface area contributed by atoms with Crippen molar-refractivity contribution in [1.29, 1.82) is 0 Å². The number of carbonyl (C=O) groups excluding carboxylic acids is 4. The molecule has 0 radical (unpaired) electrons. The summed E-state index contributed by atoms with van der Waals surface area (Å²) in [5, 5.41) is 10.0. The highest BCUT2D eigenvalue weighted by atomic mass is 16.7. The van der Waals surface area contributed by atoms with E-state index in [1.54, 1.807) is 18.2 Å². The third-order valence-corrected chi connectivity index (χ3v) is 2.95. The first-order valence-corrected chi connectivity index (χ1v) is 7.90. The van der Waals surface area contributed by atoms with Crippen LogP contribution in [0.15, 0.2) is 42.0 Å². The Morgan fingerprint density at radius 2 is 1.56 bits per heavy atom. The molecule has 0 saturated carbocycles. The van der Waals surface area contributed by atoms with Crippen LogP contribution in [-0.2, 0) is 33.3 Å². The van der Waals surface area contributed by atoms with Crippen LogP contribution >= 0.6 is 0 Å². The van der Waals surface area contributed by atoms with Gasteiger partial charge >= 0.3 is 29.8 Å². The van der Waals surface area contributed by atoms with Gasteiger partial charge in [0.1, 0.15) is 0 Å². The topological polar surface area (TPSA) is 125 Å². The van der Waals surface area contributed by atoms with E-state index in [4.69, 9.17) is 14.2 Å². The molecule has 27 heavy (non-hydrogen) atoms. The normalized spacial score (nSPS) is 12.3. The van der Waals surface area contributed by atoms with Crippen molar-refractivity contribution < 1.29 is 43.2 Å². The minimum atomic E-state index is -1.34. The lowest BCUT2D eigenvalue weighted by atomic mass is 10.2. The molecule has 0 aliphatic carbocycles. The zero-order valence-corrected chi connectivity index (χ0v) is 15.1. The summed E-state index contributed by atoms with van der Waals surface area (Å²) in [6.07, 6.45) is -1.49. The lowest BCUT2D eigenvalue weighted by Gasteiger charge is -2.20. The number of rotatable bonds is 8. The van der Waals surface area contributed by atoms with E-state index in [0.29, 0.717) is 0 Å². The Morgan fingerprint density at radius 1 is 0.926 bits per heavy atom. The second-order valence-corrected chi connectivity index (χ2v) is 5.25. The summed E-state index contributed by atoms with van der Waals surface area (Å²) in [5.74, 6) is -4.74. The van der Waals surface area contributed by atoms with Crippen LogP contribution in [0.3, 0.4) is 0 Å². The van der Waals surface area contributed by atoms with Gasteiger partial charge in [-0.25, -0.2) is 4.79 Å². The summed E-state index contributed by atoms with van der Waals surface area (Å²) in [5.41, 5.74) is 0.146. The molecular weight excluding hydrogens is 360 g/mol. The van der Waals surface area contributed by atoms with E-state index in [9.17, 15) is 24.3 Å². The first-order valence-electron chi connectivity index (χ1n) is 7.90. The lowest BCUT2D eigenvalue weighted by molar-refractivity contribution is -0.149. The van der Waals surface area contributed by atoms with E-state index in [-0.39, 0.29) is 18.6 Å². The molecule has 0 spiro atoms. The van der Waals surface area contributed by atoms with E-state index >= 15 is 0 Å². The van der Waals surface area contributed by atoms with E-state index < -0.39 is 41.7 Å². The van der Waals surface area contributed by atoms with Gasteiger partial charge in [-0.1, -0.05) is 18.2 Å². The van der Waals surface area contributed by atoms with Gasteiger partial charge in [0.25, 0.3) is 0 Å². The molecule has 1 atom stereocenters. The molecule has 0 bridgehead atoms. The zero-order valence-electron chi connectivity index (χ0n) is 15.1. The predicted octanol–water partition coefficient (Wildman–Crippen LogP) is 2.02. The maximum atomic E-state index is 12.3. The van der Waals surface area contributed by atoms with Crippen molar-refractivity contribution in [3.8, 4) is 0 Å². The average molecular weight is 380 g/mol. The minimum Gasteiger partial charge on any atom is -0.478 e. The SMILES string of the molecule is CC(=O)OCCC(OC(C)=O)/C(OC(=O)c1ccccc1)=C(\O)OC(C)=O. The molecule has 0 amide bonds. The van der Waals surface area contributed by atoms with Gasteiger partial charge in [0, 0.05) is 27.2 Å². The quantitative estimate of drug-likeness (QED) is 0.409. The Kier molecular flexibility index (Phi) is 8.50. The fourth-order valence-electron chi connectivity index (χ4n) is 1.92. The molecule has 0 heterocycles. The van der Waals surface area contributed by atoms with Crippen molar-refractivity contribution >= 4 is 23.9 Å². The molecule has 146 valence electrons. The summed E-state index contributed by atoms with van der Waals surface area (Å²) >= 11 is 0. The summed E-state index contributed by atoms with van der Waals surface area (Å²) in [4.78, 5) is 45.7. The van der Waals surface area contributed by atoms with E-state index in [0.717, 1.165) is 13.8 Å². The van der Waals surface area contributed by atoms with Gasteiger partial charge in [-0.15, -0.1) is 0 Å². The molecule has 1 aromatic rings. The Bertz CT molecular complexity index is 722. The van der Waals surface area contributed by atoms with Crippen LogP contribution in [0.25, 0.3) is 0 Å². The summed E-state index contributed by atoms with van der Waals surface area (Å²) in [6, 6.07) is 7.79. The zero-order chi connectivity index (χ0) is 20.4. The highest BCUT2D eigenvalue weighted by molar-refractivity contribution is 5.90. The highest BCUT2D eigenvalue weighted by Crippen LogP contribution is 2.20. The van der Waals surface area contributed by atoms with E-state index in [2.05, 4.69) is 4.74 Å². The molecule has 0 aromatic heterocycles. The Labute approximate surface area is 155 Å². The van der Waals surface area contributed by atoms with Crippen LogP contribution < -0.4 is 0 Å². The second kappa shape index (κ2) is 10.6. The second-order valence-electron chi connectivity index (χ2n) is 5.25. The van der Waals surface area contributed by atoms with Gasteiger partial charge in [-0.05, 0) is 12.1 Å². The molecule has 9 heteroatoms. The number of esters is 4. The molecule has 1 unspecified atom stereocenters. The molecule has 0 fully saturated rings. The third-order valence-electron chi connectivity index (χ3n) is 2.95. The molecule has 1 rings (SSSR count). The minimum absolute atomic E-state index is 0.146. The van der Waals surface area contributed by atoms with Gasteiger partial charge in [-0.3, -0.25) is 14.4 Å². The van der Waals surface area contributed by atoms with Gasteiger partial charge in [0.15, 0.2) is 6.10 Å². The molecule has 0 aliphatic rings. The van der Waals surface area contributed by atoms with Crippen LogP contribution in [0.2, 0.25) is 0 Å². The fraction of sp³-hybridized carbons (Fsp3) is 0.333. The summed E-state index contributed by atoms with van der Waals surface area (Å²) in [6.45, 7) is 3.10. The Hall–Kier alpha value is -3.36. The number of ether oxygens (including phenoxy) is 4. The molecule has 1 N–H and O–H groups in total. The van der Waals surface area contributed by atoms with Crippen LogP contribution in [0, 0.1) is 0 Å². The summed E-state index contributed by atoms with van der Waals surface area (Å²) < 4.78 is 19.5. The molecule has 0 saturated heterocycles. The summed E-state index contributed by atoms with van der Waals surface area (Å²) in [7, 11) is 0. The van der Waals surface area contributed by atoms with Crippen molar-refractivity contribution in [2.24, 2.45) is 0 Å². The standard InChI is InChI=1S/C18H20O9/c1-11(19)24-10-9-15(25-12(2)20)16(18(23)26-13(3)21)27-17(22)14-7-5-4-6-8-14/h4-8,15,23H,9-10H2,1-3H3/b18-16-. The van der Waals surface area contributed by atoms with Crippen LogP contribution in [0.1, 0.15) is 37.6 Å². The average Bonchev–Trinajstić information content (AvgIpc) is 2.58. The van der Waals surface area contributed by atoms with Crippen molar-refractivity contribution in [2.75, 3.05) is 6.61 Å². The van der Waals surface area contributed by atoms with Crippen LogP contribution in [0.5, 0.6) is 0 Å². The fourth-order valence-corrected chi connectivity index (χ4v) is 1.92. The van der Waals surface area contributed by atoms with Crippen molar-refractivity contribution in [1.82, 2.24) is 0 Å². The monoisotopic (exact) mass is 380 g/mol. The number of carbonyl (C=O) groups is 4. The van der Waals surface area contributed by atoms with E-state index in [1.165, 1.54) is 19.1 Å². The first-order chi connectivity index (χ1) is 12.7. The smallest absolute Gasteiger partial charge is 0.343 e. The first kappa shape index (κ1) is 21.7. The Morgan fingerprint density at radius 3 is 2.07 bits per heavy atom. The number of hydrogen-bond acceptors (Lipinski definition) is 9. The molecule has 0 aliphatic heterocycles. The van der Waals surface area contributed by atoms with Crippen molar-refractivity contribution in [3.63, 3.8) is 0 Å². The van der Waals surface area contributed by atoms with Crippen LogP contribution in [-0.4, -0.2) is 41.7 Å². The highest BCUT2D eigenvalue weighted by Gasteiger charge is 2.29. The Balaban J connectivity index is 3.14. The number of benzene rings is 1. The van der Waals surface area contributed by atoms with Crippen molar-refractivity contribution in [3.05, 3.63) is 47.6 Å². The van der Waals surface area contributed by atoms with Gasteiger partial charge in [-0.2, -0.15) is 0 Å². The third kappa shape index (κ3) is 8.04. The van der Waals surface area contributed by atoms with Crippen molar-refractivity contribution in [2.45, 2.75) is 33.3 Å². The maximum absolute atomic E-state index is 12.3. The molecular formula is C18H20O9. The number of aliphatic hydroxyl groups is 1. The number of hydrogen-bond donors (Lipinski definition) is 1. The largest absolute Gasteiger partial charge is 0.478 e. The predicted molar refractivity (Wildman–Crippen MR) is 90.1 cm³/mol. The maximum Gasteiger partial charge on any atom is 0.343 e. The number of aliphatic hydroxyl groups excluding tert-OH is 1. The lowest BCUT2D eigenvalue weighted by Crippen LogP contribution is -2.27. The van der Waals surface area contributed by atoms with Gasteiger partial charge in [0.05, 0.1) is 12.2 Å². The van der Waals surface area contributed by atoms with Crippen LogP contribution in [0.4, 0.5) is 0 Å². The van der Waals surface area contributed by atoms with Gasteiger partial charge < -0.3 is 24.1 Å². The molecule has 1 aromatic carbocycles. The van der Waals surface area contributed by atoms with Gasteiger partial charge in [0.2, 0.25) is 5.76 Å². The molecule has 9 nitrogen and oxygen atoms in total. The van der Waals surface area contributed by atoms with E-state index in [1.807, 2.05) is 0 Å².